The van der Waals surface area contributed by atoms with Gasteiger partial charge in [0, 0.05) is 19.2 Å². The first-order chi connectivity index (χ1) is 11.5. The van der Waals surface area contributed by atoms with E-state index in [0.29, 0.717) is 12.5 Å². The highest BCUT2D eigenvalue weighted by molar-refractivity contribution is 5.83. The SMILES string of the molecule is O=C(O)[C@H]1CN(C(=O)CNc2ccccc2[N+](=O)[O-])C[C@@H]1C1CC1. The molecule has 2 atom stereocenters. The molecule has 0 aromatic heterocycles. The second-order valence-electron chi connectivity index (χ2n) is 6.37. The molecule has 1 amide bonds. The summed E-state index contributed by atoms with van der Waals surface area (Å²) in [6, 6.07) is 6.12. The van der Waals surface area contributed by atoms with Crippen LogP contribution in [0.4, 0.5) is 11.4 Å². The summed E-state index contributed by atoms with van der Waals surface area (Å²) >= 11 is 0. The van der Waals surface area contributed by atoms with Crippen LogP contribution in [0.3, 0.4) is 0 Å². The molecule has 1 aromatic carbocycles. The number of carbonyl (C=O) groups excluding carboxylic acids is 1. The van der Waals surface area contributed by atoms with E-state index >= 15 is 0 Å². The second kappa shape index (κ2) is 6.46. The molecule has 128 valence electrons. The Morgan fingerprint density at radius 2 is 2.00 bits per heavy atom. The van der Waals surface area contributed by atoms with E-state index in [4.69, 9.17) is 0 Å². The van der Waals surface area contributed by atoms with E-state index in [1.165, 1.54) is 6.07 Å². The van der Waals surface area contributed by atoms with Gasteiger partial charge in [0.2, 0.25) is 5.91 Å². The van der Waals surface area contributed by atoms with Gasteiger partial charge in [0.25, 0.3) is 5.69 Å². The van der Waals surface area contributed by atoms with E-state index in [1.54, 1.807) is 23.1 Å². The number of hydrogen-bond donors (Lipinski definition) is 2. The van der Waals surface area contributed by atoms with Crippen LogP contribution in [0.2, 0.25) is 0 Å². The van der Waals surface area contributed by atoms with Crippen LogP contribution >= 0.6 is 0 Å². The molecule has 24 heavy (non-hydrogen) atoms. The Bertz CT molecular complexity index is 673. The van der Waals surface area contributed by atoms with Crippen LogP contribution in [0, 0.1) is 27.9 Å². The fourth-order valence-electron chi connectivity index (χ4n) is 3.36. The zero-order valence-electron chi connectivity index (χ0n) is 13.1. The number of carboxylic acid groups (broad SMARTS) is 1. The molecular formula is C16H19N3O5. The zero-order valence-corrected chi connectivity index (χ0v) is 13.1. The molecule has 3 rings (SSSR count). The van der Waals surface area contributed by atoms with Gasteiger partial charge in [-0.05, 0) is 30.7 Å². The van der Waals surface area contributed by atoms with Crippen LogP contribution in [0.25, 0.3) is 0 Å². The first-order valence-corrected chi connectivity index (χ1v) is 7.95. The third-order valence-corrected chi connectivity index (χ3v) is 4.79. The minimum atomic E-state index is -0.853. The van der Waals surface area contributed by atoms with Gasteiger partial charge in [-0.2, -0.15) is 0 Å². The molecule has 1 aliphatic carbocycles. The number of aliphatic carboxylic acids is 1. The largest absolute Gasteiger partial charge is 0.481 e. The number of rotatable bonds is 6. The number of likely N-dealkylation sites (tertiary alicyclic amines) is 1. The Morgan fingerprint density at radius 3 is 2.62 bits per heavy atom. The molecule has 1 aromatic rings. The second-order valence-corrected chi connectivity index (χ2v) is 6.37. The summed E-state index contributed by atoms with van der Waals surface area (Å²) in [6.45, 7) is 0.585. The quantitative estimate of drug-likeness (QED) is 0.603. The molecule has 8 nitrogen and oxygen atoms in total. The van der Waals surface area contributed by atoms with Crippen molar-refractivity contribution in [1.29, 1.82) is 0 Å². The molecule has 2 N–H and O–H groups in total. The molecule has 1 heterocycles. The summed E-state index contributed by atoms with van der Waals surface area (Å²) in [4.78, 5) is 35.8. The number of para-hydroxylation sites is 2. The minimum absolute atomic E-state index is 0.0255. The molecule has 1 saturated heterocycles. The lowest BCUT2D eigenvalue weighted by atomic mass is 9.92. The summed E-state index contributed by atoms with van der Waals surface area (Å²) in [5.41, 5.74) is 0.189. The molecule has 1 saturated carbocycles. The molecule has 0 bridgehead atoms. The van der Waals surface area contributed by atoms with Gasteiger partial charge in [-0.25, -0.2) is 0 Å². The van der Waals surface area contributed by atoms with Gasteiger partial charge in [0.05, 0.1) is 17.4 Å². The highest BCUT2D eigenvalue weighted by Gasteiger charge is 2.46. The fourth-order valence-corrected chi connectivity index (χ4v) is 3.36. The summed E-state index contributed by atoms with van der Waals surface area (Å²) in [6.07, 6.45) is 2.07. The Labute approximate surface area is 138 Å². The Balaban J connectivity index is 1.62. The number of amides is 1. The lowest BCUT2D eigenvalue weighted by Crippen LogP contribution is -2.34. The van der Waals surface area contributed by atoms with E-state index in [2.05, 4.69) is 5.32 Å². The van der Waals surface area contributed by atoms with Gasteiger partial charge >= 0.3 is 5.97 Å². The topological polar surface area (TPSA) is 113 Å². The van der Waals surface area contributed by atoms with Gasteiger partial charge in [-0.1, -0.05) is 12.1 Å². The van der Waals surface area contributed by atoms with E-state index < -0.39 is 16.8 Å². The van der Waals surface area contributed by atoms with Crippen molar-refractivity contribution < 1.29 is 19.6 Å². The summed E-state index contributed by atoms with van der Waals surface area (Å²) in [5, 5.41) is 23.1. The minimum Gasteiger partial charge on any atom is -0.481 e. The number of hydrogen-bond acceptors (Lipinski definition) is 5. The Hall–Kier alpha value is -2.64. The molecule has 0 radical (unpaired) electrons. The van der Waals surface area contributed by atoms with Crippen LogP contribution in [0.5, 0.6) is 0 Å². The first kappa shape index (κ1) is 16.2. The molecule has 0 unspecified atom stereocenters. The highest BCUT2D eigenvalue weighted by atomic mass is 16.6. The summed E-state index contributed by atoms with van der Waals surface area (Å²) in [7, 11) is 0. The van der Waals surface area contributed by atoms with E-state index in [9.17, 15) is 24.8 Å². The lowest BCUT2D eigenvalue weighted by molar-refractivity contribution is -0.383. The number of carbonyl (C=O) groups is 2. The fraction of sp³-hybridized carbons (Fsp3) is 0.500. The number of nitrogens with one attached hydrogen (secondary N) is 1. The smallest absolute Gasteiger partial charge is 0.308 e. The monoisotopic (exact) mass is 333 g/mol. The number of nitro groups is 1. The van der Waals surface area contributed by atoms with E-state index in [1.807, 2.05) is 0 Å². The molecule has 0 spiro atoms. The molecule has 2 aliphatic rings. The van der Waals surface area contributed by atoms with Crippen molar-refractivity contribution in [3.05, 3.63) is 34.4 Å². The van der Waals surface area contributed by atoms with Crippen LogP contribution < -0.4 is 5.32 Å². The first-order valence-electron chi connectivity index (χ1n) is 7.95. The molecule has 8 heteroatoms. The van der Waals surface area contributed by atoms with Crippen LogP contribution in [0.15, 0.2) is 24.3 Å². The third-order valence-electron chi connectivity index (χ3n) is 4.79. The van der Waals surface area contributed by atoms with Gasteiger partial charge in [-0.15, -0.1) is 0 Å². The number of nitro benzene ring substituents is 1. The maximum atomic E-state index is 12.4. The molecular weight excluding hydrogens is 314 g/mol. The standard InChI is InChI=1S/C16H19N3O5/c20-15(7-17-13-3-1-2-4-14(13)19(23)24)18-8-11(10-5-6-10)12(9-18)16(21)22/h1-4,10-12,17H,5-9H2,(H,21,22)/t11-,12+/m1/s1. The van der Waals surface area contributed by atoms with Gasteiger partial charge in [0.15, 0.2) is 0 Å². The average Bonchev–Trinajstić information content (AvgIpc) is 3.30. The summed E-state index contributed by atoms with van der Waals surface area (Å²) < 4.78 is 0. The maximum Gasteiger partial charge on any atom is 0.308 e. The van der Waals surface area contributed by atoms with Gasteiger partial charge in [0.1, 0.15) is 5.69 Å². The predicted molar refractivity (Wildman–Crippen MR) is 85.5 cm³/mol. The van der Waals surface area contributed by atoms with Crippen molar-refractivity contribution in [2.75, 3.05) is 25.0 Å². The van der Waals surface area contributed by atoms with Gasteiger partial charge in [-0.3, -0.25) is 19.7 Å². The third kappa shape index (κ3) is 3.32. The number of carboxylic acids is 1. The van der Waals surface area contributed by atoms with Crippen molar-refractivity contribution in [3.63, 3.8) is 0 Å². The van der Waals surface area contributed by atoms with Crippen molar-refractivity contribution in [2.45, 2.75) is 12.8 Å². The van der Waals surface area contributed by atoms with Crippen molar-refractivity contribution >= 4 is 23.3 Å². The normalized spacial score (nSPS) is 23.1. The lowest BCUT2D eigenvalue weighted by Gasteiger charge is -2.17. The average molecular weight is 333 g/mol. The number of benzene rings is 1. The van der Waals surface area contributed by atoms with Crippen LogP contribution in [0.1, 0.15) is 12.8 Å². The van der Waals surface area contributed by atoms with E-state index in [0.717, 1.165) is 12.8 Å². The van der Waals surface area contributed by atoms with E-state index in [-0.39, 0.29) is 36.3 Å². The molecule has 1 aliphatic heterocycles. The predicted octanol–water partition coefficient (Wildman–Crippen LogP) is 1.58. The van der Waals surface area contributed by atoms with Gasteiger partial charge < -0.3 is 15.3 Å². The number of anilines is 1. The highest BCUT2D eigenvalue weighted by Crippen LogP contribution is 2.44. The Kier molecular flexibility index (Phi) is 4.37. The Morgan fingerprint density at radius 1 is 1.29 bits per heavy atom. The van der Waals surface area contributed by atoms with Crippen molar-refractivity contribution in [2.24, 2.45) is 17.8 Å². The number of nitrogens with zero attached hydrogens (tertiary/aromatic N) is 2. The molecule has 2 fully saturated rings. The zero-order chi connectivity index (χ0) is 17.3. The van der Waals surface area contributed by atoms with Crippen molar-refractivity contribution in [3.8, 4) is 0 Å². The van der Waals surface area contributed by atoms with Crippen molar-refractivity contribution in [1.82, 2.24) is 4.90 Å². The summed E-state index contributed by atoms with van der Waals surface area (Å²) in [5.74, 6) is -1.16. The van der Waals surface area contributed by atoms with Crippen LogP contribution in [-0.4, -0.2) is 46.4 Å². The van der Waals surface area contributed by atoms with Crippen LogP contribution in [-0.2, 0) is 9.59 Å². The maximum absolute atomic E-state index is 12.4.